The first-order chi connectivity index (χ1) is 13.9. The van der Waals surface area contributed by atoms with Gasteiger partial charge in [-0.15, -0.1) is 0 Å². The number of hydrogen-bond donors (Lipinski definition) is 2. The maximum atomic E-state index is 12.6. The fraction of sp³-hybridized carbons (Fsp3) is 0.300. The van der Waals surface area contributed by atoms with Gasteiger partial charge in [0.25, 0.3) is 0 Å². The maximum Gasteiger partial charge on any atom is 0.313 e. The summed E-state index contributed by atoms with van der Waals surface area (Å²) < 4.78 is 31.8. The van der Waals surface area contributed by atoms with Crippen LogP contribution in [-0.2, 0) is 30.9 Å². The molecule has 154 valence electrons. The first-order valence-corrected chi connectivity index (χ1v) is 10.6. The van der Waals surface area contributed by atoms with Crippen LogP contribution in [0, 0.1) is 6.92 Å². The molecule has 2 amide bonds. The predicted molar refractivity (Wildman–Crippen MR) is 108 cm³/mol. The van der Waals surface area contributed by atoms with Crippen LogP contribution in [0.5, 0.6) is 0 Å². The Balaban J connectivity index is 1.56. The Morgan fingerprint density at radius 2 is 1.66 bits per heavy atom. The maximum absolute atomic E-state index is 12.6. The predicted octanol–water partition coefficient (Wildman–Crippen LogP) is 1.27. The molecule has 1 aliphatic heterocycles. The van der Waals surface area contributed by atoms with Crippen molar-refractivity contribution in [2.75, 3.05) is 31.6 Å². The molecule has 1 aliphatic rings. The third kappa shape index (κ3) is 5.20. The number of sulfonamides is 1. The second kappa shape index (κ2) is 9.17. The molecular weight excluding hydrogens is 394 g/mol. The molecule has 0 bridgehead atoms. The van der Waals surface area contributed by atoms with Crippen molar-refractivity contribution < 1.29 is 22.7 Å². The zero-order valence-electron chi connectivity index (χ0n) is 16.1. The summed E-state index contributed by atoms with van der Waals surface area (Å²) in [5.74, 6) is -1.52. The minimum atomic E-state index is -3.56. The summed E-state index contributed by atoms with van der Waals surface area (Å²) in [4.78, 5) is 24.2. The average molecular weight is 417 g/mol. The normalized spacial score (nSPS) is 14.9. The van der Waals surface area contributed by atoms with E-state index in [4.69, 9.17) is 4.74 Å². The molecule has 2 aromatic rings. The van der Waals surface area contributed by atoms with Gasteiger partial charge in [0.1, 0.15) is 0 Å². The highest BCUT2D eigenvalue weighted by Gasteiger charge is 2.26. The molecule has 2 N–H and O–H groups in total. The molecule has 1 fully saturated rings. The summed E-state index contributed by atoms with van der Waals surface area (Å²) >= 11 is 0. The molecule has 9 heteroatoms. The number of aryl methyl sites for hydroxylation is 1. The number of nitrogens with zero attached hydrogens (tertiary/aromatic N) is 1. The van der Waals surface area contributed by atoms with Crippen molar-refractivity contribution in [3.05, 3.63) is 59.7 Å². The molecule has 2 aromatic carbocycles. The van der Waals surface area contributed by atoms with E-state index in [1.807, 2.05) is 19.1 Å². The van der Waals surface area contributed by atoms with Crippen LogP contribution in [0.2, 0.25) is 0 Å². The fourth-order valence-electron chi connectivity index (χ4n) is 2.87. The van der Waals surface area contributed by atoms with E-state index in [2.05, 4.69) is 10.6 Å². The lowest BCUT2D eigenvalue weighted by atomic mass is 10.2. The van der Waals surface area contributed by atoms with Gasteiger partial charge in [0.05, 0.1) is 18.1 Å². The number of morpholine rings is 1. The number of ether oxygens (including phenoxy) is 1. The number of carbonyl (C=O) groups is 2. The monoisotopic (exact) mass is 417 g/mol. The number of hydrogen-bond acceptors (Lipinski definition) is 5. The summed E-state index contributed by atoms with van der Waals surface area (Å²) in [6.07, 6.45) is 0. The van der Waals surface area contributed by atoms with Gasteiger partial charge < -0.3 is 15.4 Å². The van der Waals surface area contributed by atoms with Gasteiger partial charge in [-0.05, 0) is 36.2 Å². The van der Waals surface area contributed by atoms with E-state index >= 15 is 0 Å². The van der Waals surface area contributed by atoms with Crippen molar-refractivity contribution in [2.45, 2.75) is 18.4 Å². The molecule has 1 heterocycles. The molecule has 1 saturated heterocycles. The van der Waals surface area contributed by atoms with Crippen LogP contribution in [0.3, 0.4) is 0 Å². The van der Waals surface area contributed by atoms with Crippen LogP contribution >= 0.6 is 0 Å². The molecule has 0 aromatic heterocycles. The Hall–Kier alpha value is -2.75. The zero-order valence-corrected chi connectivity index (χ0v) is 16.9. The second-order valence-electron chi connectivity index (χ2n) is 6.61. The number of para-hydroxylation sites is 1. The molecular formula is C20H23N3O5S. The van der Waals surface area contributed by atoms with Crippen LogP contribution in [0.25, 0.3) is 0 Å². The molecule has 0 atom stereocenters. The van der Waals surface area contributed by atoms with Gasteiger partial charge >= 0.3 is 11.8 Å². The SMILES string of the molecule is Cc1ccccc1NC(=O)C(=O)NCc1ccc(S(=O)(=O)N2CCOCC2)cc1. The van der Waals surface area contributed by atoms with Gasteiger partial charge in [0.2, 0.25) is 10.0 Å². The van der Waals surface area contributed by atoms with Crippen LogP contribution in [0.1, 0.15) is 11.1 Å². The Kier molecular flexibility index (Phi) is 6.63. The summed E-state index contributed by atoms with van der Waals surface area (Å²) in [6, 6.07) is 13.4. The van der Waals surface area contributed by atoms with Crippen LogP contribution in [0.15, 0.2) is 53.4 Å². The Morgan fingerprint density at radius 3 is 2.31 bits per heavy atom. The minimum absolute atomic E-state index is 0.109. The molecule has 0 spiro atoms. The van der Waals surface area contributed by atoms with Gasteiger partial charge in [0.15, 0.2) is 0 Å². The lowest BCUT2D eigenvalue weighted by Crippen LogP contribution is -2.40. The number of amides is 2. The quantitative estimate of drug-likeness (QED) is 0.713. The third-order valence-corrected chi connectivity index (χ3v) is 6.50. The van der Waals surface area contributed by atoms with Crippen molar-refractivity contribution >= 4 is 27.5 Å². The van der Waals surface area contributed by atoms with Crippen LogP contribution in [-0.4, -0.2) is 50.8 Å². The lowest BCUT2D eigenvalue weighted by molar-refractivity contribution is -0.136. The van der Waals surface area contributed by atoms with Crippen LogP contribution in [0.4, 0.5) is 5.69 Å². The summed E-state index contributed by atoms with van der Waals surface area (Å²) in [7, 11) is -3.56. The summed E-state index contributed by atoms with van der Waals surface area (Å²) in [5, 5.41) is 5.10. The summed E-state index contributed by atoms with van der Waals surface area (Å²) in [6.45, 7) is 3.37. The minimum Gasteiger partial charge on any atom is -0.379 e. The Morgan fingerprint density at radius 1 is 1.00 bits per heavy atom. The molecule has 0 unspecified atom stereocenters. The number of rotatable bonds is 5. The van der Waals surface area contributed by atoms with E-state index in [0.29, 0.717) is 37.6 Å². The van der Waals surface area contributed by atoms with Crippen molar-refractivity contribution in [3.8, 4) is 0 Å². The first-order valence-electron chi connectivity index (χ1n) is 9.19. The van der Waals surface area contributed by atoms with E-state index in [1.165, 1.54) is 16.4 Å². The zero-order chi connectivity index (χ0) is 20.9. The Labute approximate surface area is 169 Å². The van der Waals surface area contributed by atoms with Crippen molar-refractivity contribution in [3.63, 3.8) is 0 Å². The second-order valence-corrected chi connectivity index (χ2v) is 8.55. The van der Waals surface area contributed by atoms with Crippen molar-refractivity contribution in [1.82, 2.24) is 9.62 Å². The van der Waals surface area contributed by atoms with Gasteiger partial charge in [-0.1, -0.05) is 30.3 Å². The van der Waals surface area contributed by atoms with Crippen molar-refractivity contribution in [2.24, 2.45) is 0 Å². The van der Waals surface area contributed by atoms with E-state index < -0.39 is 21.8 Å². The van der Waals surface area contributed by atoms with E-state index in [-0.39, 0.29) is 11.4 Å². The van der Waals surface area contributed by atoms with Gasteiger partial charge in [-0.2, -0.15) is 4.31 Å². The third-order valence-electron chi connectivity index (χ3n) is 4.58. The van der Waals surface area contributed by atoms with Gasteiger partial charge in [-0.25, -0.2) is 8.42 Å². The Bertz CT molecular complexity index is 983. The van der Waals surface area contributed by atoms with E-state index in [9.17, 15) is 18.0 Å². The average Bonchev–Trinajstić information content (AvgIpc) is 2.74. The standard InChI is InChI=1S/C20H23N3O5S/c1-15-4-2-3-5-18(15)22-20(25)19(24)21-14-16-6-8-17(9-7-16)29(26,27)23-10-12-28-13-11-23/h2-9H,10-14H2,1H3,(H,21,24)(H,22,25). The number of benzene rings is 2. The van der Waals surface area contributed by atoms with Gasteiger partial charge in [-0.3, -0.25) is 9.59 Å². The number of anilines is 1. The number of carbonyl (C=O) groups excluding carboxylic acids is 2. The van der Waals surface area contributed by atoms with E-state index in [1.54, 1.807) is 24.3 Å². The highest BCUT2D eigenvalue weighted by Crippen LogP contribution is 2.18. The molecule has 0 radical (unpaired) electrons. The highest BCUT2D eigenvalue weighted by molar-refractivity contribution is 7.89. The van der Waals surface area contributed by atoms with E-state index in [0.717, 1.165) is 5.56 Å². The van der Waals surface area contributed by atoms with Crippen LogP contribution < -0.4 is 10.6 Å². The summed E-state index contributed by atoms with van der Waals surface area (Å²) in [5.41, 5.74) is 2.11. The van der Waals surface area contributed by atoms with Crippen molar-refractivity contribution in [1.29, 1.82) is 0 Å². The molecule has 3 rings (SSSR count). The molecule has 0 aliphatic carbocycles. The topological polar surface area (TPSA) is 105 Å². The fourth-order valence-corrected chi connectivity index (χ4v) is 4.28. The molecule has 0 saturated carbocycles. The largest absolute Gasteiger partial charge is 0.379 e. The van der Waals surface area contributed by atoms with Gasteiger partial charge in [0, 0.05) is 25.3 Å². The molecule has 8 nitrogen and oxygen atoms in total. The number of nitrogens with one attached hydrogen (secondary N) is 2. The first kappa shape index (κ1) is 21.0. The highest BCUT2D eigenvalue weighted by atomic mass is 32.2. The molecule has 29 heavy (non-hydrogen) atoms. The smallest absolute Gasteiger partial charge is 0.313 e. The lowest BCUT2D eigenvalue weighted by Gasteiger charge is -2.26.